The molecule has 0 radical (unpaired) electrons. The molecule has 1 N–H and O–H groups in total. The summed E-state index contributed by atoms with van der Waals surface area (Å²) >= 11 is 0. The maximum absolute atomic E-state index is 11.4. The van der Waals surface area contributed by atoms with Crippen LogP contribution in [0.15, 0.2) is 0 Å². The van der Waals surface area contributed by atoms with Crippen LogP contribution in [0.4, 0.5) is 0 Å². The Kier molecular flexibility index (Phi) is 3.84. The summed E-state index contributed by atoms with van der Waals surface area (Å²) in [5.74, 6) is 0.686. The second kappa shape index (κ2) is 5.00. The van der Waals surface area contributed by atoms with Gasteiger partial charge in [0.1, 0.15) is 0 Å². The molecule has 2 fully saturated rings. The average Bonchev–Trinajstić information content (AvgIpc) is 2.60. The van der Waals surface area contributed by atoms with E-state index in [1.165, 1.54) is 0 Å². The van der Waals surface area contributed by atoms with Crippen molar-refractivity contribution in [1.29, 1.82) is 0 Å². The number of ether oxygens (including phenoxy) is 1. The van der Waals surface area contributed by atoms with Gasteiger partial charge in [-0.15, -0.1) is 0 Å². The minimum atomic E-state index is -2.77. The molecule has 0 aromatic rings. The first-order chi connectivity index (χ1) is 7.61. The normalized spacial score (nSPS) is 35.3. The van der Waals surface area contributed by atoms with Crippen LogP contribution in [0.5, 0.6) is 0 Å². The lowest BCUT2D eigenvalue weighted by molar-refractivity contribution is -0.0377. The molecule has 0 bridgehead atoms. The summed E-state index contributed by atoms with van der Waals surface area (Å²) in [4.78, 5) is 2.27. The summed E-state index contributed by atoms with van der Waals surface area (Å²) in [6.07, 6.45) is 0.983. The molecule has 2 aliphatic heterocycles. The first kappa shape index (κ1) is 12.3. The third kappa shape index (κ3) is 2.94. The monoisotopic (exact) mass is 248 g/mol. The van der Waals surface area contributed by atoms with Crippen LogP contribution >= 0.6 is 0 Å². The van der Waals surface area contributed by atoms with Gasteiger partial charge in [-0.3, -0.25) is 4.90 Å². The molecular formula is C10H20N2O3S. The number of sulfone groups is 1. The van der Waals surface area contributed by atoms with E-state index in [9.17, 15) is 8.42 Å². The van der Waals surface area contributed by atoms with Gasteiger partial charge in [0.2, 0.25) is 0 Å². The van der Waals surface area contributed by atoms with Gasteiger partial charge in [-0.1, -0.05) is 0 Å². The molecule has 5 nitrogen and oxygen atoms in total. The van der Waals surface area contributed by atoms with Gasteiger partial charge in [0.25, 0.3) is 0 Å². The van der Waals surface area contributed by atoms with Gasteiger partial charge in [0.15, 0.2) is 9.84 Å². The summed E-state index contributed by atoms with van der Waals surface area (Å²) in [5.41, 5.74) is 0. The van der Waals surface area contributed by atoms with E-state index in [-0.39, 0.29) is 12.1 Å². The van der Waals surface area contributed by atoms with Crippen molar-refractivity contribution in [2.75, 3.05) is 44.8 Å². The fraction of sp³-hybridized carbons (Fsp3) is 1.00. The second-order valence-electron chi connectivity index (χ2n) is 4.60. The molecule has 0 amide bonds. The highest BCUT2D eigenvalue weighted by atomic mass is 32.2. The molecule has 0 aromatic heterocycles. The van der Waals surface area contributed by atoms with Crippen LogP contribution in [-0.2, 0) is 14.6 Å². The molecule has 2 rings (SSSR count). The van der Waals surface area contributed by atoms with E-state index in [1.807, 2.05) is 7.05 Å². The number of nitrogens with one attached hydrogen (secondary N) is 1. The van der Waals surface area contributed by atoms with Gasteiger partial charge in [-0.05, 0) is 13.5 Å². The van der Waals surface area contributed by atoms with Gasteiger partial charge < -0.3 is 10.1 Å². The van der Waals surface area contributed by atoms with Crippen molar-refractivity contribution in [3.63, 3.8) is 0 Å². The summed E-state index contributed by atoms with van der Waals surface area (Å²) in [6.45, 7) is 3.25. The van der Waals surface area contributed by atoms with Gasteiger partial charge in [0.05, 0.1) is 24.2 Å². The summed E-state index contributed by atoms with van der Waals surface area (Å²) in [5, 5.41) is 3.09. The Bertz CT molecular complexity index is 329. The molecule has 0 aliphatic carbocycles. The topological polar surface area (TPSA) is 58.6 Å². The van der Waals surface area contributed by atoms with Gasteiger partial charge in [-0.2, -0.15) is 0 Å². The largest absolute Gasteiger partial charge is 0.374 e. The maximum atomic E-state index is 11.4. The molecule has 6 heteroatoms. The van der Waals surface area contributed by atoms with Crippen molar-refractivity contribution in [3.8, 4) is 0 Å². The number of hydrogen-bond donors (Lipinski definition) is 1. The van der Waals surface area contributed by atoms with E-state index in [4.69, 9.17) is 4.74 Å². The first-order valence-electron chi connectivity index (χ1n) is 5.81. The number of nitrogens with zero attached hydrogens (tertiary/aromatic N) is 1. The molecule has 94 valence electrons. The number of morpholine rings is 1. The molecule has 2 heterocycles. The highest BCUT2D eigenvalue weighted by Gasteiger charge is 2.34. The fourth-order valence-corrected chi connectivity index (χ4v) is 4.25. The van der Waals surface area contributed by atoms with E-state index < -0.39 is 9.84 Å². The van der Waals surface area contributed by atoms with Crippen LogP contribution in [-0.4, -0.2) is 70.3 Å². The number of likely N-dealkylation sites (N-methyl/N-ethyl adjacent to an activating group) is 1. The lowest BCUT2D eigenvalue weighted by atomic mass is 10.1. The highest BCUT2D eigenvalue weighted by Crippen LogP contribution is 2.19. The van der Waals surface area contributed by atoms with E-state index in [0.29, 0.717) is 18.1 Å². The van der Waals surface area contributed by atoms with Crippen molar-refractivity contribution >= 4 is 9.84 Å². The molecule has 2 saturated heterocycles. The maximum Gasteiger partial charge on any atom is 0.151 e. The van der Waals surface area contributed by atoms with Crippen LogP contribution in [0.1, 0.15) is 6.42 Å². The zero-order valence-electron chi connectivity index (χ0n) is 9.68. The Morgan fingerprint density at radius 3 is 2.94 bits per heavy atom. The van der Waals surface area contributed by atoms with Crippen LogP contribution in [0, 0.1) is 0 Å². The van der Waals surface area contributed by atoms with Crippen molar-refractivity contribution in [2.24, 2.45) is 0 Å². The van der Waals surface area contributed by atoms with Gasteiger partial charge in [0, 0.05) is 25.7 Å². The molecule has 0 aromatic carbocycles. The standard InChI is InChI=1S/C10H20N2O3S/c1-11-6-10-7-12(3-4-15-10)9-2-5-16(13,14)8-9/h9-11H,2-8H2,1H3. The van der Waals surface area contributed by atoms with Crippen LogP contribution in [0.25, 0.3) is 0 Å². The van der Waals surface area contributed by atoms with E-state index >= 15 is 0 Å². The molecular weight excluding hydrogens is 228 g/mol. The van der Waals surface area contributed by atoms with Gasteiger partial charge >= 0.3 is 0 Å². The zero-order chi connectivity index (χ0) is 11.6. The molecule has 2 atom stereocenters. The molecule has 2 aliphatic rings. The highest BCUT2D eigenvalue weighted by molar-refractivity contribution is 7.91. The Hall–Kier alpha value is -0.170. The SMILES string of the molecule is CNCC1CN(C2CCS(=O)(=O)C2)CCO1. The number of rotatable bonds is 3. The minimum Gasteiger partial charge on any atom is -0.374 e. The third-order valence-corrected chi connectivity index (χ3v) is 5.08. The number of hydrogen-bond acceptors (Lipinski definition) is 5. The first-order valence-corrected chi connectivity index (χ1v) is 7.63. The average molecular weight is 248 g/mol. The Morgan fingerprint density at radius 1 is 1.50 bits per heavy atom. The quantitative estimate of drug-likeness (QED) is 0.701. The molecule has 0 spiro atoms. The van der Waals surface area contributed by atoms with E-state index in [1.54, 1.807) is 0 Å². The predicted octanol–water partition coefficient (Wildman–Crippen LogP) is -0.906. The lowest BCUT2D eigenvalue weighted by Crippen LogP contribution is -2.50. The van der Waals surface area contributed by atoms with Crippen LogP contribution < -0.4 is 5.32 Å². The Labute approximate surface area is 97.1 Å². The van der Waals surface area contributed by atoms with Crippen LogP contribution in [0.2, 0.25) is 0 Å². The van der Waals surface area contributed by atoms with E-state index in [0.717, 1.165) is 26.1 Å². The van der Waals surface area contributed by atoms with Crippen molar-refractivity contribution < 1.29 is 13.2 Å². The third-order valence-electron chi connectivity index (χ3n) is 3.33. The molecule has 0 saturated carbocycles. The fourth-order valence-electron chi connectivity index (χ4n) is 2.49. The van der Waals surface area contributed by atoms with E-state index in [2.05, 4.69) is 10.2 Å². The van der Waals surface area contributed by atoms with Crippen molar-refractivity contribution in [3.05, 3.63) is 0 Å². The van der Waals surface area contributed by atoms with Crippen molar-refractivity contribution in [1.82, 2.24) is 10.2 Å². The Morgan fingerprint density at radius 2 is 2.31 bits per heavy atom. The Balaban J connectivity index is 1.90. The zero-order valence-corrected chi connectivity index (χ0v) is 10.5. The predicted molar refractivity (Wildman–Crippen MR) is 62.3 cm³/mol. The minimum absolute atomic E-state index is 0.196. The van der Waals surface area contributed by atoms with Gasteiger partial charge in [-0.25, -0.2) is 8.42 Å². The summed E-state index contributed by atoms with van der Waals surface area (Å²) in [6, 6.07) is 0.216. The van der Waals surface area contributed by atoms with Crippen molar-refractivity contribution in [2.45, 2.75) is 18.6 Å². The summed E-state index contributed by atoms with van der Waals surface area (Å²) < 4.78 is 28.4. The van der Waals surface area contributed by atoms with Crippen LogP contribution in [0.3, 0.4) is 0 Å². The second-order valence-corrected chi connectivity index (χ2v) is 6.83. The molecule has 2 unspecified atom stereocenters. The summed E-state index contributed by atoms with van der Waals surface area (Å²) in [7, 11) is -0.868. The smallest absolute Gasteiger partial charge is 0.151 e. The lowest BCUT2D eigenvalue weighted by Gasteiger charge is -2.36. The molecule has 16 heavy (non-hydrogen) atoms.